The Morgan fingerprint density at radius 1 is 1.12 bits per heavy atom. The van der Waals surface area contributed by atoms with Gasteiger partial charge in [-0.3, -0.25) is 9.89 Å². The van der Waals surface area contributed by atoms with Crippen LogP contribution in [0.5, 0.6) is 0 Å². The molecule has 2 N–H and O–H groups in total. The van der Waals surface area contributed by atoms with E-state index in [9.17, 15) is 8.42 Å². The zero-order valence-electron chi connectivity index (χ0n) is 16.0. The molecule has 0 bridgehead atoms. The maximum Gasteiger partial charge on any atom is 0.213 e. The van der Waals surface area contributed by atoms with Crippen LogP contribution in [0.1, 0.15) is 46.0 Å². The Bertz CT molecular complexity index is 529. The van der Waals surface area contributed by atoms with Crippen LogP contribution >= 0.6 is 0 Å². The Morgan fingerprint density at radius 2 is 1.84 bits per heavy atom. The van der Waals surface area contributed by atoms with Gasteiger partial charge in [-0.2, -0.15) is 0 Å². The minimum absolute atomic E-state index is 0.184. The highest BCUT2D eigenvalue weighted by Gasteiger charge is 2.27. The third-order valence-corrected chi connectivity index (χ3v) is 7.32. The van der Waals surface area contributed by atoms with Gasteiger partial charge in [0.05, 0.1) is 5.75 Å². The summed E-state index contributed by atoms with van der Waals surface area (Å²) in [5.74, 6) is 1.02. The molecule has 2 rings (SSSR count). The molecule has 0 aliphatic carbocycles. The van der Waals surface area contributed by atoms with E-state index in [1.165, 1.54) is 25.8 Å². The van der Waals surface area contributed by atoms with Gasteiger partial charge in [0.1, 0.15) is 0 Å². The molecule has 2 aliphatic rings. The quantitative estimate of drug-likeness (QED) is 0.533. The number of likely N-dealkylation sites (tertiary alicyclic amines) is 1. The highest BCUT2D eigenvalue weighted by molar-refractivity contribution is 7.89. The van der Waals surface area contributed by atoms with E-state index in [1.54, 1.807) is 18.3 Å². The number of guanidine groups is 1. The standard InChI is InChI=1S/C17H35N5O2S/c1-4-21-11-7-6-8-16(21)14-19-17(18-3)20-15-9-12-22(13-10-15)25(23,24)5-2/h15-16H,4-14H2,1-3H3,(H2,18,19,20). The van der Waals surface area contributed by atoms with E-state index >= 15 is 0 Å². The fraction of sp³-hybridized carbons (Fsp3) is 0.941. The number of likely N-dealkylation sites (N-methyl/N-ethyl adjacent to an activating group) is 1. The molecule has 2 aliphatic heterocycles. The van der Waals surface area contributed by atoms with Gasteiger partial charge in [0.2, 0.25) is 10.0 Å². The van der Waals surface area contributed by atoms with Crippen molar-refractivity contribution < 1.29 is 8.42 Å². The maximum atomic E-state index is 11.9. The number of nitrogens with zero attached hydrogens (tertiary/aromatic N) is 3. The summed E-state index contributed by atoms with van der Waals surface area (Å²) in [6, 6.07) is 0.858. The molecule has 0 saturated carbocycles. The molecule has 0 aromatic carbocycles. The second-order valence-corrected chi connectivity index (χ2v) is 9.21. The van der Waals surface area contributed by atoms with E-state index in [-0.39, 0.29) is 11.8 Å². The van der Waals surface area contributed by atoms with Gasteiger partial charge in [0.25, 0.3) is 0 Å². The number of aliphatic imine (C=N–C) groups is 1. The molecule has 1 atom stereocenters. The molecule has 2 saturated heterocycles. The van der Waals surface area contributed by atoms with Gasteiger partial charge in [-0.05, 0) is 45.7 Å². The van der Waals surface area contributed by atoms with Crippen molar-refractivity contribution >= 4 is 16.0 Å². The third-order valence-electron chi connectivity index (χ3n) is 5.44. The zero-order chi connectivity index (χ0) is 18.3. The number of nitrogens with one attached hydrogen (secondary N) is 2. The molecule has 0 aromatic heterocycles. The average Bonchev–Trinajstić information content (AvgIpc) is 2.65. The van der Waals surface area contributed by atoms with E-state index in [0.29, 0.717) is 19.1 Å². The van der Waals surface area contributed by atoms with Crippen LogP contribution in [0.15, 0.2) is 4.99 Å². The second-order valence-electron chi connectivity index (χ2n) is 6.95. The molecule has 0 spiro atoms. The summed E-state index contributed by atoms with van der Waals surface area (Å²) >= 11 is 0. The first-order valence-corrected chi connectivity index (χ1v) is 11.3. The van der Waals surface area contributed by atoms with Crippen LogP contribution in [0, 0.1) is 0 Å². The molecule has 146 valence electrons. The smallest absolute Gasteiger partial charge is 0.213 e. The average molecular weight is 374 g/mol. The SMILES string of the molecule is CCN1CCCCC1CNC(=NC)NC1CCN(S(=O)(=O)CC)CC1. The van der Waals surface area contributed by atoms with Crippen LogP contribution in [-0.2, 0) is 10.0 Å². The van der Waals surface area contributed by atoms with E-state index < -0.39 is 10.0 Å². The molecule has 1 unspecified atom stereocenters. The molecule has 7 nitrogen and oxygen atoms in total. The lowest BCUT2D eigenvalue weighted by molar-refractivity contribution is 0.157. The van der Waals surface area contributed by atoms with Crippen LogP contribution in [0.25, 0.3) is 0 Å². The lowest BCUT2D eigenvalue weighted by Crippen LogP contribution is -2.53. The molecule has 0 aromatic rings. The minimum Gasteiger partial charge on any atom is -0.355 e. The van der Waals surface area contributed by atoms with Gasteiger partial charge in [-0.25, -0.2) is 12.7 Å². The summed E-state index contributed by atoms with van der Waals surface area (Å²) in [5, 5.41) is 6.94. The summed E-state index contributed by atoms with van der Waals surface area (Å²) in [6.45, 7) is 8.33. The Hall–Kier alpha value is -0.860. The van der Waals surface area contributed by atoms with Crippen LogP contribution in [0.2, 0.25) is 0 Å². The van der Waals surface area contributed by atoms with Crippen molar-refractivity contribution in [2.75, 3.05) is 45.5 Å². The van der Waals surface area contributed by atoms with Crippen molar-refractivity contribution in [2.24, 2.45) is 4.99 Å². The number of hydrogen-bond donors (Lipinski definition) is 2. The first kappa shape index (κ1) is 20.5. The lowest BCUT2D eigenvalue weighted by atomic mass is 10.0. The predicted octanol–water partition coefficient (Wildman–Crippen LogP) is 0.840. The molecule has 25 heavy (non-hydrogen) atoms. The van der Waals surface area contributed by atoms with Crippen molar-refractivity contribution in [2.45, 2.75) is 58.0 Å². The van der Waals surface area contributed by atoms with Gasteiger partial charge in [-0.15, -0.1) is 0 Å². The molecule has 2 heterocycles. The van der Waals surface area contributed by atoms with E-state index in [0.717, 1.165) is 31.9 Å². The van der Waals surface area contributed by atoms with Gasteiger partial charge < -0.3 is 10.6 Å². The monoisotopic (exact) mass is 373 g/mol. The van der Waals surface area contributed by atoms with E-state index in [4.69, 9.17) is 0 Å². The highest BCUT2D eigenvalue weighted by Crippen LogP contribution is 2.16. The Kier molecular flexibility index (Phi) is 7.96. The zero-order valence-corrected chi connectivity index (χ0v) is 16.8. The summed E-state index contributed by atoms with van der Waals surface area (Å²) in [4.78, 5) is 6.88. The molecular formula is C17H35N5O2S. The van der Waals surface area contributed by atoms with E-state index in [1.807, 2.05) is 0 Å². The Labute approximate surface area is 153 Å². The fourth-order valence-corrected chi connectivity index (χ4v) is 4.90. The maximum absolute atomic E-state index is 11.9. The summed E-state index contributed by atoms with van der Waals surface area (Å²) in [6.07, 6.45) is 5.50. The second kappa shape index (κ2) is 9.73. The number of hydrogen-bond acceptors (Lipinski definition) is 4. The van der Waals surface area contributed by atoms with Crippen LogP contribution in [0.3, 0.4) is 0 Å². The molecule has 0 radical (unpaired) electrons. The van der Waals surface area contributed by atoms with Gasteiger partial charge in [0, 0.05) is 38.8 Å². The lowest BCUT2D eigenvalue weighted by Gasteiger charge is -2.36. The largest absolute Gasteiger partial charge is 0.355 e. The third kappa shape index (κ3) is 5.82. The van der Waals surface area contributed by atoms with Crippen molar-refractivity contribution in [3.05, 3.63) is 0 Å². The number of sulfonamides is 1. The van der Waals surface area contributed by atoms with Crippen molar-refractivity contribution in [3.63, 3.8) is 0 Å². The molecule has 0 amide bonds. The first-order chi connectivity index (χ1) is 12.0. The fourth-order valence-electron chi connectivity index (χ4n) is 3.77. The topological polar surface area (TPSA) is 77.0 Å². The molecule has 8 heteroatoms. The molecular weight excluding hydrogens is 338 g/mol. The van der Waals surface area contributed by atoms with Crippen molar-refractivity contribution in [1.29, 1.82) is 0 Å². The van der Waals surface area contributed by atoms with Crippen LogP contribution < -0.4 is 10.6 Å². The Morgan fingerprint density at radius 3 is 2.44 bits per heavy atom. The predicted molar refractivity (Wildman–Crippen MR) is 103 cm³/mol. The van der Waals surface area contributed by atoms with Gasteiger partial charge in [0.15, 0.2) is 5.96 Å². The van der Waals surface area contributed by atoms with Crippen LogP contribution in [-0.4, -0.2) is 81.2 Å². The normalized spacial score (nSPS) is 25.1. The highest BCUT2D eigenvalue weighted by atomic mass is 32.2. The summed E-state index contributed by atoms with van der Waals surface area (Å²) < 4.78 is 25.5. The van der Waals surface area contributed by atoms with Crippen molar-refractivity contribution in [3.8, 4) is 0 Å². The minimum atomic E-state index is -3.06. The van der Waals surface area contributed by atoms with Crippen molar-refractivity contribution in [1.82, 2.24) is 19.8 Å². The summed E-state index contributed by atoms with van der Waals surface area (Å²) in [5.41, 5.74) is 0. The summed E-state index contributed by atoms with van der Waals surface area (Å²) in [7, 11) is -1.26. The molecule has 2 fully saturated rings. The van der Waals surface area contributed by atoms with Gasteiger partial charge >= 0.3 is 0 Å². The number of piperidine rings is 2. The first-order valence-electron chi connectivity index (χ1n) is 9.69. The van der Waals surface area contributed by atoms with Crippen LogP contribution in [0.4, 0.5) is 0 Å². The van der Waals surface area contributed by atoms with E-state index in [2.05, 4.69) is 27.4 Å². The Balaban J connectivity index is 1.77. The van der Waals surface area contributed by atoms with Gasteiger partial charge in [-0.1, -0.05) is 13.3 Å². The number of rotatable bonds is 6.